The van der Waals surface area contributed by atoms with Crippen LogP contribution >= 0.6 is 0 Å². The Morgan fingerprint density at radius 1 is 0.800 bits per heavy atom. The number of ether oxygens (including phenoxy) is 3. The molecule has 0 fully saturated rings. The maximum Gasteiger partial charge on any atom is 0.161 e. The van der Waals surface area contributed by atoms with Gasteiger partial charge in [0.1, 0.15) is 12.4 Å². The molecular weight excluding hydrogens is 374 g/mol. The molecule has 3 aromatic rings. The number of hydrogen-bond acceptors (Lipinski definition) is 4. The van der Waals surface area contributed by atoms with E-state index in [1.165, 1.54) is 16.7 Å². The molecule has 158 valence electrons. The highest BCUT2D eigenvalue weighted by Gasteiger charge is 2.08. The van der Waals surface area contributed by atoms with Crippen LogP contribution in [0, 0.1) is 6.92 Å². The zero-order chi connectivity index (χ0) is 21.2. The van der Waals surface area contributed by atoms with Gasteiger partial charge in [-0.2, -0.15) is 0 Å². The number of benzene rings is 3. The number of aryl methyl sites for hydroxylation is 1. The van der Waals surface area contributed by atoms with E-state index in [9.17, 15) is 0 Å². The summed E-state index contributed by atoms with van der Waals surface area (Å²) in [4.78, 5) is 0. The normalized spacial score (nSPS) is 10.6. The molecule has 3 rings (SSSR count). The molecule has 0 unspecified atom stereocenters. The molecule has 0 bridgehead atoms. The Labute approximate surface area is 179 Å². The van der Waals surface area contributed by atoms with E-state index < -0.39 is 0 Å². The van der Waals surface area contributed by atoms with Gasteiger partial charge in [-0.15, -0.1) is 0 Å². The van der Waals surface area contributed by atoms with Gasteiger partial charge >= 0.3 is 0 Å². The maximum atomic E-state index is 6.02. The van der Waals surface area contributed by atoms with E-state index in [0.29, 0.717) is 13.2 Å². The summed E-state index contributed by atoms with van der Waals surface area (Å²) in [6, 6.07) is 22.7. The Balaban J connectivity index is 1.55. The molecule has 0 atom stereocenters. The Hall–Kier alpha value is -2.98. The number of rotatable bonds is 11. The van der Waals surface area contributed by atoms with Crippen LogP contribution in [0.4, 0.5) is 0 Å². The van der Waals surface area contributed by atoms with Crippen LogP contribution in [0.15, 0.2) is 66.7 Å². The van der Waals surface area contributed by atoms with E-state index >= 15 is 0 Å². The predicted molar refractivity (Wildman–Crippen MR) is 122 cm³/mol. The lowest BCUT2D eigenvalue weighted by Crippen LogP contribution is -2.17. The van der Waals surface area contributed by atoms with Crippen LogP contribution < -0.4 is 19.5 Å². The molecule has 0 heterocycles. The Morgan fingerprint density at radius 2 is 1.57 bits per heavy atom. The summed E-state index contributed by atoms with van der Waals surface area (Å²) in [5.74, 6) is 2.50. The fraction of sp³-hybridized carbons (Fsp3) is 0.308. The van der Waals surface area contributed by atoms with E-state index in [1.807, 2.05) is 31.2 Å². The van der Waals surface area contributed by atoms with E-state index in [2.05, 4.69) is 54.7 Å². The topological polar surface area (TPSA) is 39.7 Å². The lowest BCUT2D eigenvalue weighted by atomic mass is 10.1. The molecule has 0 saturated carbocycles. The molecule has 0 saturated heterocycles. The first-order valence-corrected chi connectivity index (χ1v) is 10.5. The molecule has 1 N–H and O–H groups in total. The summed E-state index contributed by atoms with van der Waals surface area (Å²) in [6.07, 6.45) is 0.917. The number of nitrogens with one attached hydrogen (secondary N) is 1. The second-order valence-corrected chi connectivity index (χ2v) is 7.23. The van der Waals surface area contributed by atoms with Crippen molar-refractivity contribution in [1.29, 1.82) is 0 Å². The van der Waals surface area contributed by atoms with E-state index in [-0.39, 0.29) is 0 Å². The van der Waals surface area contributed by atoms with Gasteiger partial charge in [-0.3, -0.25) is 0 Å². The van der Waals surface area contributed by atoms with E-state index in [1.54, 1.807) is 7.11 Å². The maximum absolute atomic E-state index is 6.02. The highest BCUT2D eigenvalue weighted by molar-refractivity contribution is 5.43. The third-order valence-corrected chi connectivity index (χ3v) is 4.92. The molecule has 0 aromatic heterocycles. The monoisotopic (exact) mass is 405 g/mol. The Bertz CT molecular complexity index is 922. The van der Waals surface area contributed by atoms with Crippen LogP contribution in [0.3, 0.4) is 0 Å². The molecule has 4 nitrogen and oxygen atoms in total. The van der Waals surface area contributed by atoms with Crippen molar-refractivity contribution < 1.29 is 14.2 Å². The van der Waals surface area contributed by atoms with Crippen LogP contribution in [0.25, 0.3) is 0 Å². The standard InChI is InChI=1S/C26H31NO3/c1-4-29-26-17-22(18-27-16-15-23-7-5-6-8-24(23)28-3)13-14-25(26)30-19-21-11-9-20(2)10-12-21/h5-14,17,27H,4,15-16,18-19H2,1-3H3. The van der Waals surface area contributed by atoms with Gasteiger partial charge in [0.25, 0.3) is 0 Å². The highest BCUT2D eigenvalue weighted by atomic mass is 16.5. The molecule has 0 radical (unpaired) electrons. The van der Waals surface area contributed by atoms with Crippen molar-refractivity contribution in [2.45, 2.75) is 33.4 Å². The molecule has 0 amide bonds. The van der Waals surface area contributed by atoms with Crippen molar-refractivity contribution in [2.75, 3.05) is 20.3 Å². The lowest BCUT2D eigenvalue weighted by molar-refractivity contribution is 0.269. The number of para-hydroxylation sites is 1. The zero-order valence-electron chi connectivity index (χ0n) is 18.1. The fourth-order valence-corrected chi connectivity index (χ4v) is 3.26. The van der Waals surface area contributed by atoms with Crippen LogP contribution in [0.5, 0.6) is 17.2 Å². The minimum absolute atomic E-state index is 0.525. The number of methoxy groups -OCH3 is 1. The van der Waals surface area contributed by atoms with Crippen molar-refractivity contribution in [3.05, 3.63) is 89.0 Å². The van der Waals surface area contributed by atoms with Crippen molar-refractivity contribution >= 4 is 0 Å². The predicted octanol–water partition coefficient (Wildman–Crippen LogP) is 5.31. The summed E-state index contributed by atoms with van der Waals surface area (Å²) in [7, 11) is 1.71. The summed E-state index contributed by atoms with van der Waals surface area (Å²) >= 11 is 0. The number of hydrogen-bond donors (Lipinski definition) is 1. The minimum Gasteiger partial charge on any atom is -0.496 e. The summed E-state index contributed by atoms with van der Waals surface area (Å²) in [5.41, 5.74) is 4.77. The average Bonchev–Trinajstić information content (AvgIpc) is 2.77. The van der Waals surface area contributed by atoms with Crippen LogP contribution in [-0.4, -0.2) is 20.3 Å². The smallest absolute Gasteiger partial charge is 0.161 e. The summed E-state index contributed by atoms with van der Waals surface area (Å²) < 4.78 is 17.3. The van der Waals surface area contributed by atoms with E-state index in [0.717, 1.165) is 42.3 Å². The third kappa shape index (κ3) is 6.26. The molecule has 0 aliphatic heterocycles. The molecule has 4 heteroatoms. The molecular formula is C26H31NO3. The van der Waals surface area contributed by atoms with Crippen molar-refractivity contribution in [3.8, 4) is 17.2 Å². The minimum atomic E-state index is 0.525. The SMILES string of the molecule is CCOc1cc(CNCCc2ccccc2OC)ccc1OCc1ccc(C)cc1. The zero-order valence-corrected chi connectivity index (χ0v) is 18.1. The largest absolute Gasteiger partial charge is 0.496 e. The van der Waals surface area contributed by atoms with Gasteiger partial charge in [0.05, 0.1) is 13.7 Å². The second-order valence-electron chi connectivity index (χ2n) is 7.23. The van der Waals surface area contributed by atoms with Crippen molar-refractivity contribution in [3.63, 3.8) is 0 Å². The Morgan fingerprint density at radius 3 is 2.33 bits per heavy atom. The molecule has 0 spiro atoms. The van der Waals surface area contributed by atoms with Gasteiger partial charge < -0.3 is 19.5 Å². The van der Waals surface area contributed by atoms with Gasteiger partial charge in [-0.25, -0.2) is 0 Å². The van der Waals surface area contributed by atoms with Gasteiger partial charge in [0.15, 0.2) is 11.5 Å². The van der Waals surface area contributed by atoms with Crippen molar-refractivity contribution in [1.82, 2.24) is 5.32 Å². The first-order valence-electron chi connectivity index (χ1n) is 10.5. The van der Waals surface area contributed by atoms with Gasteiger partial charge in [-0.05, 0) is 61.7 Å². The first-order chi connectivity index (χ1) is 14.7. The van der Waals surface area contributed by atoms with Crippen LogP contribution in [0.2, 0.25) is 0 Å². The van der Waals surface area contributed by atoms with Gasteiger partial charge in [-0.1, -0.05) is 54.1 Å². The quantitative estimate of drug-likeness (QED) is 0.439. The fourth-order valence-electron chi connectivity index (χ4n) is 3.26. The van der Waals surface area contributed by atoms with Gasteiger partial charge in [0, 0.05) is 6.54 Å². The molecule has 3 aromatic carbocycles. The third-order valence-electron chi connectivity index (χ3n) is 4.92. The van der Waals surface area contributed by atoms with Crippen LogP contribution in [-0.2, 0) is 19.6 Å². The van der Waals surface area contributed by atoms with Crippen molar-refractivity contribution in [2.24, 2.45) is 0 Å². The summed E-state index contributed by atoms with van der Waals surface area (Å²) in [5, 5.41) is 3.50. The van der Waals surface area contributed by atoms with E-state index in [4.69, 9.17) is 14.2 Å². The highest BCUT2D eigenvalue weighted by Crippen LogP contribution is 2.29. The molecule has 0 aliphatic rings. The first kappa shape index (κ1) is 21.7. The molecule has 0 aliphatic carbocycles. The average molecular weight is 406 g/mol. The summed E-state index contributed by atoms with van der Waals surface area (Å²) in [6.45, 7) is 6.84. The lowest BCUT2D eigenvalue weighted by Gasteiger charge is -2.14. The van der Waals surface area contributed by atoms with Crippen LogP contribution in [0.1, 0.15) is 29.2 Å². The molecule has 30 heavy (non-hydrogen) atoms. The Kier molecular flexibility index (Phi) is 8.16. The second kappa shape index (κ2) is 11.3. The van der Waals surface area contributed by atoms with Gasteiger partial charge in [0.2, 0.25) is 0 Å².